The third kappa shape index (κ3) is 5.06. The van der Waals surface area contributed by atoms with Crippen LogP contribution in [0.5, 0.6) is 0 Å². The summed E-state index contributed by atoms with van der Waals surface area (Å²) < 4.78 is 33.7. The second kappa shape index (κ2) is 9.40. The first kappa shape index (κ1) is 22.0. The highest BCUT2D eigenvalue weighted by atomic mass is 32.2. The first-order valence-corrected chi connectivity index (χ1v) is 11.3. The second-order valence-corrected chi connectivity index (χ2v) is 9.31. The van der Waals surface area contributed by atoms with Crippen LogP contribution in [0.3, 0.4) is 0 Å². The van der Waals surface area contributed by atoms with Crippen LogP contribution in [-0.2, 0) is 19.6 Å². The number of sulfonamides is 1. The van der Waals surface area contributed by atoms with Crippen LogP contribution in [0.1, 0.15) is 49.5 Å². The van der Waals surface area contributed by atoms with Crippen LogP contribution in [0.4, 0.5) is 5.82 Å². The minimum Gasteiger partial charge on any atom is -0.452 e. The molecule has 3 rings (SSSR count). The van der Waals surface area contributed by atoms with Gasteiger partial charge in [0.15, 0.2) is 6.61 Å². The van der Waals surface area contributed by atoms with Crippen molar-refractivity contribution in [2.75, 3.05) is 25.0 Å². The molecule has 1 fully saturated rings. The highest BCUT2D eigenvalue weighted by Crippen LogP contribution is 2.21. The van der Waals surface area contributed by atoms with Gasteiger partial charge in [-0.2, -0.15) is 9.40 Å². The van der Waals surface area contributed by atoms with E-state index in [4.69, 9.17) is 4.74 Å². The van der Waals surface area contributed by atoms with Crippen molar-refractivity contribution in [1.82, 2.24) is 14.1 Å². The second-order valence-electron chi connectivity index (χ2n) is 7.37. The molecule has 0 bridgehead atoms. The molecule has 2 heterocycles. The number of rotatable bonds is 7. The molecule has 0 radical (unpaired) electrons. The van der Waals surface area contributed by atoms with Crippen molar-refractivity contribution in [3.63, 3.8) is 0 Å². The normalized spacial score (nSPS) is 15.2. The lowest BCUT2D eigenvalue weighted by atomic mass is 10.2. The Hall–Kier alpha value is -2.72. The van der Waals surface area contributed by atoms with Gasteiger partial charge in [-0.15, -0.1) is 0 Å². The molecule has 1 aliphatic rings. The molecule has 0 unspecified atom stereocenters. The molecule has 0 saturated carbocycles. The fourth-order valence-electron chi connectivity index (χ4n) is 3.26. The lowest BCUT2D eigenvalue weighted by Crippen LogP contribution is -2.35. The van der Waals surface area contributed by atoms with Gasteiger partial charge in [-0.25, -0.2) is 17.9 Å². The van der Waals surface area contributed by atoms with Crippen molar-refractivity contribution < 1.29 is 22.7 Å². The van der Waals surface area contributed by atoms with Crippen molar-refractivity contribution in [2.24, 2.45) is 0 Å². The number of anilines is 1. The van der Waals surface area contributed by atoms with E-state index >= 15 is 0 Å². The van der Waals surface area contributed by atoms with E-state index in [9.17, 15) is 18.0 Å². The number of aromatic nitrogens is 2. The molecule has 1 saturated heterocycles. The summed E-state index contributed by atoms with van der Waals surface area (Å²) in [6, 6.07) is 7.41. The Bertz CT molecular complexity index is 1010. The van der Waals surface area contributed by atoms with E-state index in [1.165, 1.54) is 28.6 Å². The number of carbonyl (C=O) groups excluding carboxylic acids is 2. The van der Waals surface area contributed by atoms with E-state index in [0.717, 1.165) is 19.3 Å². The summed E-state index contributed by atoms with van der Waals surface area (Å²) in [5.74, 6) is -0.776. The number of piperidine rings is 1. The molecule has 1 aliphatic heterocycles. The average molecular weight is 435 g/mol. The maximum Gasteiger partial charge on any atom is 0.338 e. The van der Waals surface area contributed by atoms with Crippen molar-refractivity contribution in [3.05, 3.63) is 42.1 Å². The monoisotopic (exact) mass is 434 g/mol. The number of ether oxygens (including phenoxy) is 1. The molecule has 1 aromatic carbocycles. The molecule has 1 N–H and O–H groups in total. The van der Waals surface area contributed by atoms with Crippen LogP contribution in [0.15, 0.2) is 41.4 Å². The van der Waals surface area contributed by atoms with Gasteiger partial charge in [0.1, 0.15) is 5.82 Å². The van der Waals surface area contributed by atoms with Gasteiger partial charge < -0.3 is 10.1 Å². The molecule has 2 aromatic rings. The number of hydrogen-bond donors (Lipinski definition) is 1. The zero-order chi connectivity index (χ0) is 21.7. The third-order valence-electron chi connectivity index (χ3n) is 4.78. The van der Waals surface area contributed by atoms with Gasteiger partial charge in [0.05, 0.1) is 16.7 Å². The van der Waals surface area contributed by atoms with Gasteiger partial charge in [0.2, 0.25) is 10.0 Å². The highest BCUT2D eigenvalue weighted by Gasteiger charge is 2.26. The zero-order valence-electron chi connectivity index (χ0n) is 17.1. The largest absolute Gasteiger partial charge is 0.452 e. The molecular formula is C20H26N4O5S. The molecule has 1 aromatic heterocycles. The van der Waals surface area contributed by atoms with E-state index < -0.39 is 28.5 Å². The molecule has 9 nitrogen and oxygen atoms in total. The van der Waals surface area contributed by atoms with Gasteiger partial charge in [0, 0.05) is 25.2 Å². The van der Waals surface area contributed by atoms with Crippen LogP contribution in [-0.4, -0.2) is 54.1 Å². The Morgan fingerprint density at radius 2 is 1.90 bits per heavy atom. The maximum atomic E-state index is 12.8. The Balaban J connectivity index is 1.62. The minimum absolute atomic E-state index is 0.0455. The number of amides is 1. The molecule has 0 atom stereocenters. The quantitative estimate of drug-likeness (QED) is 0.670. The Morgan fingerprint density at radius 1 is 1.17 bits per heavy atom. The zero-order valence-corrected chi connectivity index (χ0v) is 17.9. The van der Waals surface area contributed by atoms with Crippen molar-refractivity contribution >= 4 is 27.7 Å². The van der Waals surface area contributed by atoms with E-state index in [-0.39, 0.29) is 16.5 Å². The summed E-state index contributed by atoms with van der Waals surface area (Å²) in [6.07, 6.45) is 4.23. The van der Waals surface area contributed by atoms with Crippen LogP contribution in [0, 0.1) is 0 Å². The number of carbonyl (C=O) groups is 2. The van der Waals surface area contributed by atoms with E-state index in [0.29, 0.717) is 18.9 Å². The Labute approximate surface area is 176 Å². The molecule has 0 aliphatic carbocycles. The van der Waals surface area contributed by atoms with Gasteiger partial charge in [-0.05, 0) is 44.9 Å². The number of hydrogen-bond acceptors (Lipinski definition) is 6. The lowest BCUT2D eigenvalue weighted by molar-refractivity contribution is -0.119. The number of nitrogens with one attached hydrogen (secondary N) is 1. The molecule has 1 amide bonds. The predicted octanol–water partition coefficient (Wildman–Crippen LogP) is 2.43. The summed E-state index contributed by atoms with van der Waals surface area (Å²) in [5, 5.41) is 6.76. The predicted molar refractivity (Wildman–Crippen MR) is 111 cm³/mol. The maximum absolute atomic E-state index is 12.8. The van der Waals surface area contributed by atoms with Crippen LogP contribution in [0.25, 0.3) is 0 Å². The fourth-order valence-corrected chi connectivity index (χ4v) is 4.82. The van der Waals surface area contributed by atoms with E-state index in [1.54, 1.807) is 16.9 Å². The first-order valence-electron chi connectivity index (χ1n) is 9.90. The van der Waals surface area contributed by atoms with E-state index in [1.807, 2.05) is 13.8 Å². The molecular weight excluding hydrogens is 408 g/mol. The number of esters is 1. The summed E-state index contributed by atoms with van der Waals surface area (Å²) in [4.78, 5) is 24.5. The van der Waals surface area contributed by atoms with Crippen LogP contribution in [0.2, 0.25) is 0 Å². The summed E-state index contributed by atoms with van der Waals surface area (Å²) >= 11 is 0. The van der Waals surface area contributed by atoms with Crippen LogP contribution < -0.4 is 5.32 Å². The van der Waals surface area contributed by atoms with Crippen molar-refractivity contribution in [1.29, 1.82) is 0 Å². The molecule has 30 heavy (non-hydrogen) atoms. The van der Waals surface area contributed by atoms with Gasteiger partial charge in [-0.3, -0.25) is 4.79 Å². The number of benzene rings is 1. The molecule has 162 valence electrons. The van der Waals surface area contributed by atoms with E-state index in [2.05, 4.69) is 10.4 Å². The third-order valence-corrected chi connectivity index (χ3v) is 6.68. The summed E-state index contributed by atoms with van der Waals surface area (Å²) in [5.41, 5.74) is 0.0770. The highest BCUT2D eigenvalue weighted by molar-refractivity contribution is 7.89. The fraction of sp³-hybridized carbons (Fsp3) is 0.450. The average Bonchev–Trinajstić information content (AvgIpc) is 3.21. The summed E-state index contributed by atoms with van der Waals surface area (Å²) in [7, 11) is -3.66. The lowest BCUT2D eigenvalue weighted by Gasteiger charge is -2.25. The Kier molecular flexibility index (Phi) is 6.88. The van der Waals surface area contributed by atoms with Crippen molar-refractivity contribution in [3.8, 4) is 0 Å². The van der Waals surface area contributed by atoms with Gasteiger partial charge in [-0.1, -0.05) is 12.5 Å². The first-order chi connectivity index (χ1) is 14.3. The molecule has 0 spiro atoms. The summed E-state index contributed by atoms with van der Waals surface area (Å²) in [6.45, 7) is 4.31. The van der Waals surface area contributed by atoms with Gasteiger partial charge >= 0.3 is 5.97 Å². The van der Waals surface area contributed by atoms with Crippen LogP contribution >= 0.6 is 0 Å². The SMILES string of the molecule is CC(C)n1nccc1NC(=O)COC(=O)c1cccc(S(=O)(=O)N2CCCCC2)c1. The smallest absolute Gasteiger partial charge is 0.338 e. The topological polar surface area (TPSA) is 111 Å². The molecule has 10 heteroatoms. The standard InChI is InChI=1S/C20H26N4O5S/c1-15(2)24-18(9-10-21-24)22-19(25)14-29-20(26)16-7-6-8-17(13-16)30(27,28)23-11-4-3-5-12-23/h6-10,13,15H,3-5,11-12,14H2,1-2H3,(H,22,25). The number of nitrogens with zero attached hydrogens (tertiary/aromatic N) is 3. The minimum atomic E-state index is -3.66. The Morgan fingerprint density at radius 3 is 2.60 bits per heavy atom. The van der Waals surface area contributed by atoms with Gasteiger partial charge in [0.25, 0.3) is 5.91 Å². The van der Waals surface area contributed by atoms with Crippen molar-refractivity contribution in [2.45, 2.75) is 44.0 Å².